The Balaban J connectivity index is 1.94. The third-order valence-electron chi connectivity index (χ3n) is 4.04. The Bertz CT molecular complexity index is 1190. The summed E-state index contributed by atoms with van der Waals surface area (Å²) in [5.41, 5.74) is 1.51. The van der Waals surface area contributed by atoms with Gasteiger partial charge in [-0.05, 0) is 37.3 Å². The van der Waals surface area contributed by atoms with Crippen LogP contribution in [0.1, 0.15) is 16.1 Å². The minimum absolute atomic E-state index is 0.0181. The van der Waals surface area contributed by atoms with Crippen molar-refractivity contribution in [1.82, 2.24) is 0 Å². The number of hydrogen-bond acceptors (Lipinski definition) is 5. The molecule has 5 nitrogen and oxygen atoms in total. The third kappa shape index (κ3) is 3.25. The van der Waals surface area contributed by atoms with Crippen molar-refractivity contribution >= 4 is 28.5 Å². The summed E-state index contributed by atoms with van der Waals surface area (Å²) in [6, 6.07) is 15.0. The summed E-state index contributed by atoms with van der Waals surface area (Å²) in [5, 5.41) is 0.599. The predicted molar refractivity (Wildman–Crippen MR) is 101 cm³/mol. The molecule has 0 fully saturated rings. The molecule has 0 N–H and O–H groups in total. The largest absolute Gasteiger partial charge is 0.457 e. The Morgan fingerprint density at radius 3 is 2.56 bits per heavy atom. The van der Waals surface area contributed by atoms with Crippen LogP contribution in [0.25, 0.3) is 22.3 Å². The van der Waals surface area contributed by atoms with Crippen molar-refractivity contribution in [2.45, 2.75) is 6.92 Å². The van der Waals surface area contributed by atoms with Gasteiger partial charge >= 0.3 is 5.97 Å². The highest BCUT2D eigenvalue weighted by Gasteiger charge is 2.22. The molecule has 0 amide bonds. The standard InChI is InChI=1S/C21H13ClO5/c1-12-4-6-13(7-5-12)19-20(27-21(24)17-3-2-10-25-17)18(23)15-11-14(22)8-9-16(15)26-19/h2-11H,1H3. The molecule has 2 aromatic carbocycles. The molecule has 0 unspecified atom stereocenters. The Kier molecular flexibility index (Phi) is 4.30. The van der Waals surface area contributed by atoms with E-state index in [4.69, 9.17) is 25.2 Å². The minimum Gasteiger partial charge on any atom is -0.457 e. The lowest BCUT2D eigenvalue weighted by molar-refractivity contribution is 0.0698. The van der Waals surface area contributed by atoms with E-state index in [-0.39, 0.29) is 22.7 Å². The number of carbonyl (C=O) groups excluding carboxylic acids is 1. The molecular formula is C21H13ClO5. The monoisotopic (exact) mass is 380 g/mol. The second-order valence-electron chi connectivity index (χ2n) is 5.96. The summed E-state index contributed by atoms with van der Waals surface area (Å²) in [6.45, 7) is 1.94. The molecule has 0 bridgehead atoms. The van der Waals surface area contributed by atoms with Crippen LogP contribution in [-0.4, -0.2) is 5.97 Å². The Morgan fingerprint density at radius 2 is 1.85 bits per heavy atom. The molecule has 27 heavy (non-hydrogen) atoms. The number of furan rings is 1. The summed E-state index contributed by atoms with van der Waals surface area (Å²) in [4.78, 5) is 25.4. The maximum atomic E-state index is 13.0. The van der Waals surface area contributed by atoms with Crippen LogP contribution in [0.15, 0.2) is 74.5 Å². The van der Waals surface area contributed by atoms with Crippen molar-refractivity contribution in [2.24, 2.45) is 0 Å². The van der Waals surface area contributed by atoms with Crippen LogP contribution in [0, 0.1) is 6.92 Å². The summed E-state index contributed by atoms with van der Waals surface area (Å²) in [5.74, 6) is -0.859. The maximum absolute atomic E-state index is 13.0. The molecule has 0 atom stereocenters. The van der Waals surface area contributed by atoms with Crippen molar-refractivity contribution in [1.29, 1.82) is 0 Å². The first-order valence-electron chi connectivity index (χ1n) is 8.12. The van der Waals surface area contributed by atoms with Crippen LogP contribution in [0.2, 0.25) is 5.02 Å². The molecule has 4 rings (SSSR count). The number of aryl methyl sites for hydroxylation is 1. The topological polar surface area (TPSA) is 69.7 Å². The van der Waals surface area contributed by atoms with Gasteiger partial charge in [0.2, 0.25) is 16.9 Å². The molecule has 0 saturated carbocycles. The predicted octanol–water partition coefficient (Wildman–Crippen LogP) is 5.23. The highest BCUT2D eigenvalue weighted by molar-refractivity contribution is 6.31. The number of halogens is 1. The first-order chi connectivity index (χ1) is 13.0. The fourth-order valence-corrected chi connectivity index (χ4v) is 2.85. The Hall–Kier alpha value is -3.31. The quantitative estimate of drug-likeness (QED) is 0.455. The number of benzene rings is 2. The molecule has 134 valence electrons. The van der Waals surface area contributed by atoms with Gasteiger partial charge in [0.05, 0.1) is 11.6 Å². The smallest absolute Gasteiger partial charge is 0.379 e. The molecular weight excluding hydrogens is 368 g/mol. The average Bonchev–Trinajstić information content (AvgIpc) is 3.20. The van der Waals surface area contributed by atoms with Crippen molar-refractivity contribution in [3.63, 3.8) is 0 Å². The molecule has 0 aliphatic carbocycles. The van der Waals surface area contributed by atoms with Crippen LogP contribution >= 0.6 is 11.6 Å². The molecule has 0 saturated heterocycles. The van der Waals surface area contributed by atoms with Crippen molar-refractivity contribution in [2.75, 3.05) is 0 Å². The Labute approximate surface area is 158 Å². The third-order valence-corrected chi connectivity index (χ3v) is 4.28. The van der Waals surface area contributed by atoms with Crippen molar-refractivity contribution < 1.29 is 18.4 Å². The zero-order valence-electron chi connectivity index (χ0n) is 14.2. The van der Waals surface area contributed by atoms with Crippen LogP contribution in [-0.2, 0) is 0 Å². The number of hydrogen-bond donors (Lipinski definition) is 0. The van der Waals surface area contributed by atoms with Gasteiger partial charge in [-0.25, -0.2) is 4.79 Å². The number of esters is 1. The molecule has 4 aromatic rings. The van der Waals surface area contributed by atoms with E-state index >= 15 is 0 Å². The SMILES string of the molecule is Cc1ccc(-c2oc3ccc(Cl)cc3c(=O)c2OC(=O)c2ccco2)cc1. The number of fused-ring (bicyclic) bond motifs is 1. The second-order valence-corrected chi connectivity index (χ2v) is 6.40. The van der Waals surface area contributed by atoms with Crippen LogP contribution in [0.4, 0.5) is 0 Å². The van der Waals surface area contributed by atoms with E-state index in [1.165, 1.54) is 18.4 Å². The van der Waals surface area contributed by atoms with Gasteiger partial charge in [-0.3, -0.25) is 4.79 Å². The van der Waals surface area contributed by atoms with Crippen molar-refractivity contribution in [3.05, 3.63) is 87.4 Å². The van der Waals surface area contributed by atoms with E-state index in [1.54, 1.807) is 30.3 Å². The van der Waals surface area contributed by atoms with Gasteiger partial charge in [-0.2, -0.15) is 0 Å². The Morgan fingerprint density at radius 1 is 1.07 bits per heavy atom. The molecule has 0 aliphatic rings. The van der Waals surface area contributed by atoms with E-state index in [1.807, 2.05) is 19.1 Å². The highest BCUT2D eigenvalue weighted by Crippen LogP contribution is 2.32. The lowest BCUT2D eigenvalue weighted by Gasteiger charge is -2.10. The van der Waals surface area contributed by atoms with Gasteiger partial charge in [-0.1, -0.05) is 41.4 Å². The van der Waals surface area contributed by atoms with E-state index in [0.717, 1.165) is 5.56 Å². The van der Waals surface area contributed by atoms with Crippen LogP contribution in [0.3, 0.4) is 0 Å². The van der Waals surface area contributed by atoms with Gasteiger partial charge in [-0.15, -0.1) is 0 Å². The first kappa shape index (κ1) is 17.1. The summed E-state index contributed by atoms with van der Waals surface area (Å²) in [6.07, 6.45) is 1.35. The lowest BCUT2D eigenvalue weighted by atomic mass is 10.1. The summed E-state index contributed by atoms with van der Waals surface area (Å²) < 4.78 is 16.3. The first-order valence-corrected chi connectivity index (χ1v) is 8.50. The normalized spacial score (nSPS) is 10.9. The van der Waals surface area contributed by atoms with Crippen LogP contribution in [0.5, 0.6) is 5.75 Å². The lowest BCUT2D eigenvalue weighted by Crippen LogP contribution is -2.15. The van der Waals surface area contributed by atoms with Gasteiger partial charge in [0.15, 0.2) is 5.76 Å². The number of ether oxygens (including phenoxy) is 1. The summed E-state index contributed by atoms with van der Waals surface area (Å²) in [7, 11) is 0. The van der Waals surface area contributed by atoms with Gasteiger partial charge < -0.3 is 13.6 Å². The van der Waals surface area contributed by atoms with E-state index in [2.05, 4.69) is 0 Å². The zero-order valence-corrected chi connectivity index (χ0v) is 14.9. The summed E-state index contributed by atoms with van der Waals surface area (Å²) >= 11 is 6.00. The molecule has 6 heteroatoms. The number of rotatable bonds is 3. The second kappa shape index (κ2) is 6.78. The molecule has 0 radical (unpaired) electrons. The van der Waals surface area contributed by atoms with E-state index < -0.39 is 11.4 Å². The fraction of sp³-hybridized carbons (Fsp3) is 0.0476. The van der Waals surface area contributed by atoms with E-state index in [9.17, 15) is 9.59 Å². The maximum Gasteiger partial charge on any atom is 0.379 e. The molecule has 0 spiro atoms. The van der Waals surface area contributed by atoms with Crippen molar-refractivity contribution in [3.8, 4) is 17.1 Å². The molecule has 2 heterocycles. The molecule has 0 aliphatic heterocycles. The van der Waals surface area contributed by atoms with Crippen LogP contribution < -0.4 is 10.2 Å². The number of carbonyl (C=O) groups is 1. The van der Waals surface area contributed by atoms with E-state index in [0.29, 0.717) is 16.2 Å². The van der Waals surface area contributed by atoms with Gasteiger partial charge in [0.25, 0.3) is 0 Å². The highest BCUT2D eigenvalue weighted by atomic mass is 35.5. The molecule has 2 aromatic heterocycles. The van der Waals surface area contributed by atoms with Gasteiger partial charge in [0, 0.05) is 10.6 Å². The van der Waals surface area contributed by atoms with Gasteiger partial charge in [0.1, 0.15) is 5.58 Å². The minimum atomic E-state index is -0.790. The zero-order chi connectivity index (χ0) is 19.0. The fourth-order valence-electron chi connectivity index (χ4n) is 2.68. The average molecular weight is 381 g/mol.